The van der Waals surface area contributed by atoms with Crippen LogP contribution in [0, 0.1) is 0 Å². The molecule has 1 aliphatic heterocycles. The average molecular weight is 611 g/mol. The Kier molecular flexibility index (Phi) is 8.49. The van der Waals surface area contributed by atoms with E-state index in [-0.39, 0.29) is 42.1 Å². The summed E-state index contributed by atoms with van der Waals surface area (Å²) in [5, 5.41) is 11.4. The van der Waals surface area contributed by atoms with Gasteiger partial charge in [-0.3, -0.25) is 23.7 Å². The number of hydrogen-bond donors (Lipinski definition) is 3. The zero-order valence-corrected chi connectivity index (χ0v) is 23.6. The molecule has 1 saturated heterocycles. The van der Waals surface area contributed by atoms with E-state index in [1.807, 2.05) is 4.40 Å². The lowest BCUT2D eigenvalue weighted by Crippen LogP contribution is -2.44. The molecule has 4 heterocycles. The molecule has 0 aliphatic carbocycles. The van der Waals surface area contributed by atoms with Crippen molar-refractivity contribution in [1.82, 2.24) is 29.2 Å². The fourth-order valence-electron chi connectivity index (χ4n) is 5.25. The molecular weight excluding hydrogens is 581 g/mol. The fourth-order valence-corrected chi connectivity index (χ4v) is 5.25. The van der Waals surface area contributed by atoms with Crippen LogP contribution < -0.4 is 11.1 Å². The van der Waals surface area contributed by atoms with E-state index in [4.69, 9.17) is 15.8 Å². The number of carbonyl (C=O) groups is 3. The zero-order chi connectivity index (χ0) is 31.6. The van der Waals surface area contributed by atoms with E-state index >= 15 is 0 Å². The van der Waals surface area contributed by atoms with Gasteiger partial charge in [0, 0.05) is 48.7 Å². The summed E-state index contributed by atoms with van der Waals surface area (Å²) in [5.41, 5.74) is 7.23. The van der Waals surface area contributed by atoms with Gasteiger partial charge in [-0.15, -0.1) is 0 Å². The summed E-state index contributed by atoms with van der Waals surface area (Å²) in [4.78, 5) is 52.8. The molecule has 1 aliphatic rings. The lowest BCUT2D eigenvalue weighted by molar-refractivity contribution is -0.140. The van der Waals surface area contributed by atoms with Gasteiger partial charge in [0.25, 0.3) is 5.91 Å². The predicted octanol–water partition coefficient (Wildman–Crippen LogP) is 3.37. The SMILES string of the molecule is CN(CC(=O)O)CC(=O)N1CCCC(c2nc(-c3ccc(C(=O)Nc4cc(C(F)(F)F)ccn4)cc3)c3c(N)nccn23)C1. The number of aromatic nitrogens is 4. The number of imidazole rings is 1. The number of amides is 2. The fraction of sp³-hybridized carbons (Fsp3) is 0.310. The maximum absolute atomic E-state index is 13.0. The number of aliphatic carboxylic acids is 1. The Labute approximate surface area is 249 Å². The highest BCUT2D eigenvalue weighted by Gasteiger charge is 2.31. The van der Waals surface area contributed by atoms with Crippen molar-refractivity contribution >= 4 is 34.9 Å². The second-order valence-electron chi connectivity index (χ2n) is 10.6. The summed E-state index contributed by atoms with van der Waals surface area (Å²) in [6, 6.07) is 7.92. The molecule has 4 N–H and O–H groups in total. The summed E-state index contributed by atoms with van der Waals surface area (Å²) in [6.45, 7) is 0.679. The number of carbonyl (C=O) groups excluding carboxylic acids is 2. The van der Waals surface area contributed by atoms with Gasteiger partial charge >= 0.3 is 12.1 Å². The molecule has 0 radical (unpaired) electrons. The van der Waals surface area contributed by atoms with Gasteiger partial charge in [-0.05, 0) is 44.2 Å². The lowest BCUT2D eigenvalue weighted by atomic mass is 9.97. The average Bonchev–Trinajstić information content (AvgIpc) is 3.37. The molecule has 3 aromatic heterocycles. The van der Waals surface area contributed by atoms with Gasteiger partial charge in [0.15, 0.2) is 0 Å². The second-order valence-corrected chi connectivity index (χ2v) is 10.6. The van der Waals surface area contributed by atoms with Crippen molar-refractivity contribution in [2.75, 3.05) is 44.3 Å². The molecule has 5 rings (SSSR count). The standard InChI is InChI=1S/C29H29F3N8O4/c1-38(16-23(42)43)15-22(41)39-11-2-3-19(14-39)27-37-24(25-26(33)35-10-12-40(25)27)17-4-6-18(7-5-17)28(44)36-21-13-20(8-9-34-21)29(30,31)32/h4-10,12-13,19H,2-3,11,14-16H2,1H3,(H2,33,35)(H,42,43)(H,34,36,44). The molecule has 12 nitrogen and oxygen atoms in total. The second kappa shape index (κ2) is 12.3. The first-order valence-electron chi connectivity index (χ1n) is 13.7. The van der Waals surface area contributed by atoms with E-state index in [0.29, 0.717) is 35.7 Å². The van der Waals surface area contributed by atoms with Gasteiger partial charge in [0.1, 0.15) is 28.7 Å². The third kappa shape index (κ3) is 6.62. The van der Waals surface area contributed by atoms with E-state index in [1.54, 1.807) is 36.5 Å². The molecule has 0 bridgehead atoms. The summed E-state index contributed by atoms with van der Waals surface area (Å²) in [7, 11) is 1.58. The summed E-state index contributed by atoms with van der Waals surface area (Å²) in [5.74, 6) is -1.27. The maximum atomic E-state index is 13.0. The van der Waals surface area contributed by atoms with Crippen LogP contribution in [0.25, 0.3) is 16.8 Å². The van der Waals surface area contributed by atoms with Crippen molar-refractivity contribution in [2.24, 2.45) is 0 Å². The first-order chi connectivity index (χ1) is 20.9. The number of piperidine rings is 1. The third-order valence-electron chi connectivity index (χ3n) is 7.31. The number of pyridine rings is 1. The first-order valence-corrected chi connectivity index (χ1v) is 13.7. The van der Waals surface area contributed by atoms with Crippen molar-refractivity contribution in [3.05, 3.63) is 71.9 Å². The molecule has 0 spiro atoms. The van der Waals surface area contributed by atoms with Crippen LogP contribution in [0.1, 0.15) is 40.5 Å². The summed E-state index contributed by atoms with van der Waals surface area (Å²) in [6.07, 6.45) is 1.19. The first kappa shape index (κ1) is 30.4. The minimum absolute atomic E-state index is 0.0206. The third-order valence-corrected chi connectivity index (χ3v) is 7.31. The number of likely N-dealkylation sites (N-methyl/N-ethyl adjacent to an activating group) is 1. The molecule has 4 aromatic rings. The van der Waals surface area contributed by atoms with Gasteiger partial charge in [-0.25, -0.2) is 15.0 Å². The highest BCUT2D eigenvalue weighted by Crippen LogP contribution is 2.34. The molecule has 2 amide bonds. The van der Waals surface area contributed by atoms with Crippen molar-refractivity contribution in [2.45, 2.75) is 24.9 Å². The number of nitrogens with two attached hydrogens (primary N) is 1. The van der Waals surface area contributed by atoms with Crippen LogP contribution in [0.15, 0.2) is 55.0 Å². The lowest BCUT2D eigenvalue weighted by Gasteiger charge is -2.33. The minimum Gasteiger partial charge on any atom is -0.480 e. The topological polar surface area (TPSA) is 159 Å². The van der Waals surface area contributed by atoms with Crippen LogP contribution in [0.5, 0.6) is 0 Å². The van der Waals surface area contributed by atoms with E-state index in [9.17, 15) is 27.6 Å². The number of likely N-dealkylation sites (tertiary alicyclic amines) is 1. The van der Waals surface area contributed by atoms with Crippen LogP contribution in [0.4, 0.5) is 24.8 Å². The number of nitrogens with zero attached hydrogens (tertiary/aromatic N) is 6. The Morgan fingerprint density at radius 2 is 1.86 bits per heavy atom. The van der Waals surface area contributed by atoms with Crippen LogP contribution >= 0.6 is 0 Å². The number of nitrogens with one attached hydrogen (secondary N) is 1. The number of hydrogen-bond acceptors (Lipinski definition) is 8. The van der Waals surface area contributed by atoms with Gasteiger partial charge in [-0.2, -0.15) is 13.2 Å². The van der Waals surface area contributed by atoms with E-state index in [0.717, 1.165) is 31.2 Å². The van der Waals surface area contributed by atoms with E-state index in [2.05, 4.69) is 15.3 Å². The van der Waals surface area contributed by atoms with E-state index < -0.39 is 23.6 Å². The number of carboxylic acid groups (broad SMARTS) is 1. The number of nitrogen functional groups attached to an aromatic ring is 1. The zero-order valence-electron chi connectivity index (χ0n) is 23.6. The van der Waals surface area contributed by atoms with Gasteiger partial charge in [0.05, 0.1) is 18.7 Å². The maximum Gasteiger partial charge on any atom is 0.416 e. The Morgan fingerprint density at radius 1 is 1.11 bits per heavy atom. The van der Waals surface area contributed by atoms with Gasteiger partial charge in [0.2, 0.25) is 5.91 Å². The van der Waals surface area contributed by atoms with Gasteiger partial charge in [-0.1, -0.05) is 12.1 Å². The number of anilines is 2. The highest BCUT2D eigenvalue weighted by atomic mass is 19.4. The van der Waals surface area contributed by atoms with E-state index in [1.165, 1.54) is 17.0 Å². The van der Waals surface area contributed by atoms with Crippen LogP contribution in [0.2, 0.25) is 0 Å². The predicted molar refractivity (Wildman–Crippen MR) is 154 cm³/mol. The molecule has 1 unspecified atom stereocenters. The smallest absolute Gasteiger partial charge is 0.416 e. The Morgan fingerprint density at radius 3 is 2.57 bits per heavy atom. The monoisotopic (exact) mass is 610 g/mol. The van der Waals surface area contributed by atoms with Crippen LogP contribution in [-0.4, -0.2) is 85.3 Å². The number of fused-ring (bicyclic) bond motifs is 1. The summed E-state index contributed by atoms with van der Waals surface area (Å²) >= 11 is 0. The summed E-state index contributed by atoms with van der Waals surface area (Å²) < 4.78 is 40.9. The molecule has 44 heavy (non-hydrogen) atoms. The quantitative estimate of drug-likeness (QED) is 0.272. The van der Waals surface area contributed by atoms with Crippen molar-refractivity contribution < 1.29 is 32.7 Å². The van der Waals surface area contributed by atoms with Crippen molar-refractivity contribution in [3.63, 3.8) is 0 Å². The number of benzene rings is 1. The number of carboxylic acids is 1. The Hall–Kier alpha value is -5.05. The highest BCUT2D eigenvalue weighted by molar-refractivity contribution is 6.04. The molecule has 230 valence electrons. The van der Waals surface area contributed by atoms with Crippen LogP contribution in [0.3, 0.4) is 0 Å². The molecule has 15 heteroatoms. The Bertz CT molecular complexity index is 1710. The number of halogens is 3. The normalized spacial score (nSPS) is 15.5. The molecule has 1 aromatic carbocycles. The molecular formula is C29H29F3N8O4. The molecule has 0 saturated carbocycles. The Balaban J connectivity index is 1.37. The number of rotatable bonds is 8. The van der Waals surface area contributed by atoms with Crippen molar-refractivity contribution in [3.8, 4) is 11.3 Å². The van der Waals surface area contributed by atoms with Crippen molar-refractivity contribution in [1.29, 1.82) is 0 Å². The van der Waals surface area contributed by atoms with Gasteiger partial charge < -0.3 is 21.1 Å². The molecule has 1 atom stereocenters. The number of alkyl halides is 3. The molecule has 1 fully saturated rings. The van der Waals surface area contributed by atoms with Crippen LogP contribution in [-0.2, 0) is 15.8 Å². The largest absolute Gasteiger partial charge is 0.480 e. The minimum atomic E-state index is -4.57.